The Morgan fingerprint density at radius 1 is 1.15 bits per heavy atom. The summed E-state index contributed by atoms with van der Waals surface area (Å²) < 4.78 is 0. The van der Waals surface area contributed by atoms with Crippen LogP contribution in [0.2, 0.25) is 0 Å². The Morgan fingerprint density at radius 3 is 2.46 bits per heavy atom. The molecule has 0 N–H and O–H groups in total. The molecule has 0 saturated carbocycles. The Hall–Kier alpha value is -1.24. The Labute approximate surface area is 81.4 Å². The van der Waals surface area contributed by atoms with Crippen LogP contribution >= 0.6 is 0 Å². The topological polar surface area (TPSA) is 0 Å². The minimum absolute atomic E-state index is 0.829. The van der Waals surface area contributed by atoms with Crippen molar-refractivity contribution in [2.75, 3.05) is 0 Å². The number of allylic oxidation sites excluding steroid dienone is 2. The molecule has 1 heteroatoms. The largest absolute Gasteiger partial charge is 0.114 e. The van der Waals surface area contributed by atoms with Crippen LogP contribution in [0.5, 0.6) is 0 Å². The van der Waals surface area contributed by atoms with Crippen LogP contribution < -0.4 is 5.46 Å². The predicted octanol–water partition coefficient (Wildman–Crippen LogP) is 1.94. The molecule has 1 rings (SSSR count). The summed E-state index contributed by atoms with van der Waals surface area (Å²) in [6, 6.07) is 5.98. The molecular weight excluding hydrogens is 155 g/mol. The second-order valence-electron chi connectivity index (χ2n) is 2.97. The molecule has 1 aromatic rings. The molecule has 0 atom stereocenters. The van der Waals surface area contributed by atoms with E-state index in [2.05, 4.69) is 19.2 Å². The number of hydrogen-bond acceptors (Lipinski definition) is 0. The van der Waals surface area contributed by atoms with Crippen LogP contribution in [0.4, 0.5) is 0 Å². The van der Waals surface area contributed by atoms with Crippen molar-refractivity contribution in [1.82, 2.24) is 0 Å². The molecular formula is C12H13B. The van der Waals surface area contributed by atoms with Gasteiger partial charge in [0.05, 0.1) is 0 Å². The second kappa shape index (κ2) is 4.71. The quantitative estimate of drug-likeness (QED) is 0.476. The van der Waals surface area contributed by atoms with Gasteiger partial charge in [0.15, 0.2) is 0 Å². The van der Waals surface area contributed by atoms with E-state index < -0.39 is 0 Å². The molecule has 0 fully saturated rings. The van der Waals surface area contributed by atoms with Gasteiger partial charge in [-0.15, -0.1) is 13.2 Å². The first-order chi connectivity index (χ1) is 6.29. The SMILES string of the molecule is [B]c1cccc(CC=C)c1CC=C. The Kier molecular flexibility index (Phi) is 3.57. The average molecular weight is 168 g/mol. The van der Waals surface area contributed by atoms with Crippen LogP contribution in [0.1, 0.15) is 11.1 Å². The summed E-state index contributed by atoms with van der Waals surface area (Å²) in [6.45, 7) is 7.44. The highest BCUT2D eigenvalue weighted by Gasteiger charge is 2.00. The highest BCUT2D eigenvalue weighted by atomic mass is 14.0. The van der Waals surface area contributed by atoms with Crippen LogP contribution in [-0.2, 0) is 12.8 Å². The molecule has 1 aromatic carbocycles. The minimum Gasteiger partial charge on any atom is -0.103 e. The van der Waals surface area contributed by atoms with E-state index in [1.54, 1.807) is 0 Å². The van der Waals surface area contributed by atoms with E-state index in [4.69, 9.17) is 7.85 Å². The lowest BCUT2D eigenvalue weighted by Crippen LogP contribution is -2.12. The van der Waals surface area contributed by atoms with E-state index in [1.807, 2.05) is 24.3 Å². The third-order valence-corrected chi connectivity index (χ3v) is 2.02. The summed E-state index contributed by atoms with van der Waals surface area (Å²) in [5.74, 6) is 0. The fraction of sp³-hybridized carbons (Fsp3) is 0.167. The third kappa shape index (κ3) is 2.35. The van der Waals surface area contributed by atoms with Crippen molar-refractivity contribution in [3.63, 3.8) is 0 Å². The fourth-order valence-corrected chi connectivity index (χ4v) is 1.39. The van der Waals surface area contributed by atoms with E-state index in [0.717, 1.165) is 18.3 Å². The fourth-order valence-electron chi connectivity index (χ4n) is 1.39. The van der Waals surface area contributed by atoms with Gasteiger partial charge >= 0.3 is 0 Å². The maximum absolute atomic E-state index is 5.86. The molecule has 64 valence electrons. The Balaban J connectivity index is 3.08. The maximum atomic E-state index is 5.86. The van der Waals surface area contributed by atoms with Gasteiger partial charge in [-0.25, -0.2) is 0 Å². The minimum atomic E-state index is 0.829. The highest BCUT2D eigenvalue weighted by molar-refractivity contribution is 6.33. The van der Waals surface area contributed by atoms with Gasteiger partial charge in [0.1, 0.15) is 7.85 Å². The van der Waals surface area contributed by atoms with Crippen LogP contribution in [0.15, 0.2) is 43.5 Å². The summed E-state index contributed by atoms with van der Waals surface area (Å²) >= 11 is 0. The summed E-state index contributed by atoms with van der Waals surface area (Å²) in [4.78, 5) is 0. The maximum Gasteiger partial charge on any atom is 0.114 e. The van der Waals surface area contributed by atoms with Crippen molar-refractivity contribution in [2.24, 2.45) is 0 Å². The Bertz CT molecular complexity index is 313. The smallest absolute Gasteiger partial charge is 0.103 e. The van der Waals surface area contributed by atoms with Crippen molar-refractivity contribution < 1.29 is 0 Å². The lowest BCUT2D eigenvalue weighted by atomic mass is 9.85. The Morgan fingerprint density at radius 2 is 1.85 bits per heavy atom. The monoisotopic (exact) mass is 168 g/mol. The van der Waals surface area contributed by atoms with Crippen molar-refractivity contribution in [3.8, 4) is 0 Å². The number of hydrogen-bond donors (Lipinski definition) is 0. The van der Waals surface area contributed by atoms with Crippen LogP contribution in [0, 0.1) is 0 Å². The molecule has 2 radical (unpaired) electrons. The molecule has 0 unspecified atom stereocenters. The number of rotatable bonds is 4. The zero-order valence-electron chi connectivity index (χ0n) is 7.79. The lowest BCUT2D eigenvalue weighted by Gasteiger charge is -2.09. The summed E-state index contributed by atoms with van der Waals surface area (Å²) in [7, 11) is 5.86. The van der Waals surface area contributed by atoms with E-state index in [1.165, 1.54) is 11.1 Å². The van der Waals surface area contributed by atoms with Gasteiger partial charge in [-0.3, -0.25) is 0 Å². The molecule has 0 saturated heterocycles. The molecule has 0 amide bonds. The summed E-state index contributed by atoms with van der Waals surface area (Å²) in [5, 5.41) is 0. The molecule has 0 aromatic heterocycles. The van der Waals surface area contributed by atoms with Crippen LogP contribution in [-0.4, -0.2) is 7.85 Å². The van der Waals surface area contributed by atoms with Crippen LogP contribution in [0.25, 0.3) is 0 Å². The molecule has 0 aliphatic rings. The molecule has 13 heavy (non-hydrogen) atoms. The van der Waals surface area contributed by atoms with Crippen molar-refractivity contribution in [2.45, 2.75) is 12.8 Å². The van der Waals surface area contributed by atoms with Gasteiger partial charge in [-0.2, -0.15) is 0 Å². The first kappa shape index (κ1) is 9.85. The van der Waals surface area contributed by atoms with Gasteiger partial charge in [0.2, 0.25) is 0 Å². The number of benzene rings is 1. The second-order valence-corrected chi connectivity index (χ2v) is 2.97. The van der Waals surface area contributed by atoms with E-state index in [9.17, 15) is 0 Å². The van der Waals surface area contributed by atoms with Crippen molar-refractivity contribution in [1.29, 1.82) is 0 Å². The first-order valence-corrected chi connectivity index (χ1v) is 4.37. The molecule has 0 spiro atoms. The molecule has 0 aliphatic carbocycles. The molecule has 0 aliphatic heterocycles. The van der Waals surface area contributed by atoms with Crippen LogP contribution in [0.3, 0.4) is 0 Å². The van der Waals surface area contributed by atoms with Gasteiger partial charge in [-0.05, 0) is 24.0 Å². The normalized spacial score (nSPS) is 9.54. The van der Waals surface area contributed by atoms with Crippen molar-refractivity contribution >= 4 is 13.3 Å². The van der Waals surface area contributed by atoms with E-state index in [0.29, 0.717) is 0 Å². The highest BCUT2D eigenvalue weighted by Crippen LogP contribution is 2.08. The molecule has 0 bridgehead atoms. The lowest BCUT2D eigenvalue weighted by molar-refractivity contribution is 1.17. The summed E-state index contributed by atoms with van der Waals surface area (Å²) in [5.41, 5.74) is 3.27. The predicted molar refractivity (Wildman–Crippen MR) is 59.6 cm³/mol. The molecule has 0 nitrogen and oxygen atoms in total. The first-order valence-electron chi connectivity index (χ1n) is 4.37. The summed E-state index contributed by atoms with van der Waals surface area (Å²) in [6.07, 6.45) is 5.46. The van der Waals surface area contributed by atoms with Crippen molar-refractivity contribution in [3.05, 3.63) is 54.6 Å². The third-order valence-electron chi connectivity index (χ3n) is 2.02. The van der Waals surface area contributed by atoms with Gasteiger partial charge in [0.25, 0.3) is 0 Å². The zero-order valence-corrected chi connectivity index (χ0v) is 7.79. The van der Waals surface area contributed by atoms with Gasteiger partial charge in [-0.1, -0.05) is 35.8 Å². The van der Waals surface area contributed by atoms with Gasteiger partial charge in [0, 0.05) is 0 Å². The standard InChI is InChI=1S/C12H13B/c1-3-6-10-8-5-9-12(13)11(10)7-4-2/h3-5,8-9H,1-2,6-7H2. The zero-order chi connectivity index (χ0) is 9.68. The van der Waals surface area contributed by atoms with E-state index >= 15 is 0 Å². The average Bonchev–Trinajstić information content (AvgIpc) is 2.11. The van der Waals surface area contributed by atoms with E-state index in [-0.39, 0.29) is 0 Å². The molecule has 0 heterocycles. The van der Waals surface area contributed by atoms with Gasteiger partial charge < -0.3 is 0 Å².